The number of unbranched alkanes of at least 4 members (excludes halogenated alkanes) is 1. The maximum Gasteiger partial charge on any atom is 0.387 e. The number of alkyl halides is 2. The van der Waals surface area contributed by atoms with E-state index in [-0.39, 0.29) is 17.2 Å². The second kappa shape index (κ2) is 8.78. The fraction of sp³-hybridized carbons (Fsp3) is 0.375. The molecule has 0 aliphatic heterocycles. The van der Waals surface area contributed by atoms with Crippen LogP contribution in [0.1, 0.15) is 25.3 Å². The van der Waals surface area contributed by atoms with Gasteiger partial charge in [0.05, 0.1) is 0 Å². The summed E-state index contributed by atoms with van der Waals surface area (Å²) in [5.41, 5.74) is 0.566. The van der Waals surface area contributed by atoms with Gasteiger partial charge in [0.1, 0.15) is 17.4 Å². The maximum atomic E-state index is 12.1. The van der Waals surface area contributed by atoms with Crippen molar-refractivity contribution >= 4 is 12.0 Å². The first kappa shape index (κ1) is 17.6. The van der Waals surface area contributed by atoms with Crippen molar-refractivity contribution in [1.82, 2.24) is 4.90 Å². The minimum absolute atomic E-state index is 0.00105. The standard InChI is InChI=1S/C16H18F2N2O2/c1-3-4-9-20(2)15(21)13(11-19)10-12-5-7-14(8-6-12)22-16(17)18/h5-8,10,16H,3-4,9H2,1-2H3. The number of rotatable bonds is 7. The van der Waals surface area contributed by atoms with Crippen molar-refractivity contribution in [3.63, 3.8) is 0 Å². The van der Waals surface area contributed by atoms with Crippen LogP contribution in [0.15, 0.2) is 29.8 Å². The number of nitrogens with zero attached hydrogens (tertiary/aromatic N) is 2. The highest BCUT2D eigenvalue weighted by molar-refractivity contribution is 6.01. The molecule has 4 nitrogen and oxygen atoms in total. The first-order chi connectivity index (χ1) is 10.5. The molecule has 0 aromatic heterocycles. The van der Waals surface area contributed by atoms with Gasteiger partial charge in [-0.05, 0) is 30.2 Å². The Kier molecular flexibility index (Phi) is 7.03. The van der Waals surface area contributed by atoms with E-state index in [9.17, 15) is 13.6 Å². The molecular formula is C16H18F2N2O2. The van der Waals surface area contributed by atoms with Crippen molar-refractivity contribution in [3.8, 4) is 11.8 Å². The highest BCUT2D eigenvalue weighted by atomic mass is 19.3. The van der Waals surface area contributed by atoms with E-state index in [1.54, 1.807) is 7.05 Å². The lowest BCUT2D eigenvalue weighted by Gasteiger charge is -2.15. The summed E-state index contributed by atoms with van der Waals surface area (Å²) < 4.78 is 28.3. The lowest BCUT2D eigenvalue weighted by atomic mass is 10.1. The number of benzene rings is 1. The number of carbonyl (C=O) groups is 1. The summed E-state index contributed by atoms with van der Waals surface area (Å²) in [6.07, 6.45) is 3.24. The molecule has 6 heteroatoms. The summed E-state index contributed by atoms with van der Waals surface area (Å²) in [5.74, 6) is -0.332. The van der Waals surface area contributed by atoms with Crippen molar-refractivity contribution in [3.05, 3.63) is 35.4 Å². The highest BCUT2D eigenvalue weighted by Crippen LogP contribution is 2.17. The predicted octanol–water partition coefficient (Wildman–Crippen LogP) is 3.45. The summed E-state index contributed by atoms with van der Waals surface area (Å²) >= 11 is 0. The zero-order valence-electron chi connectivity index (χ0n) is 12.6. The van der Waals surface area contributed by atoms with Crippen molar-refractivity contribution in [2.75, 3.05) is 13.6 Å². The summed E-state index contributed by atoms with van der Waals surface area (Å²) in [4.78, 5) is 13.6. The number of nitriles is 1. The van der Waals surface area contributed by atoms with Crippen LogP contribution < -0.4 is 4.74 Å². The molecule has 0 atom stereocenters. The Morgan fingerprint density at radius 1 is 1.41 bits per heavy atom. The summed E-state index contributed by atoms with van der Waals surface area (Å²) in [5, 5.41) is 9.12. The number of carbonyl (C=O) groups excluding carboxylic acids is 1. The van der Waals surface area contributed by atoms with Crippen LogP contribution in [0.5, 0.6) is 5.75 Å². The molecule has 0 fully saturated rings. The van der Waals surface area contributed by atoms with Gasteiger partial charge in [-0.15, -0.1) is 0 Å². The molecule has 0 spiro atoms. The lowest BCUT2D eigenvalue weighted by Crippen LogP contribution is -2.28. The Hall–Kier alpha value is -2.42. The molecule has 0 heterocycles. The van der Waals surface area contributed by atoms with Gasteiger partial charge in [-0.3, -0.25) is 4.79 Å². The Morgan fingerprint density at radius 2 is 2.05 bits per heavy atom. The smallest absolute Gasteiger partial charge is 0.387 e. The molecule has 0 N–H and O–H groups in total. The second-order valence-corrected chi connectivity index (χ2v) is 4.70. The Labute approximate surface area is 128 Å². The quantitative estimate of drug-likeness (QED) is 0.572. The predicted molar refractivity (Wildman–Crippen MR) is 79.2 cm³/mol. The van der Waals surface area contributed by atoms with Crippen LogP contribution in [0, 0.1) is 11.3 Å². The number of hydrogen-bond acceptors (Lipinski definition) is 3. The van der Waals surface area contributed by atoms with Crippen molar-refractivity contribution in [1.29, 1.82) is 5.26 Å². The summed E-state index contributed by atoms with van der Waals surface area (Å²) in [7, 11) is 1.64. The lowest BCUT2D eigenvalue weighted by molar-refractivity contribution is -0.125. The van der Waals surface area contributed by atoms with Crippen LogP contribution >= 0.6 is 0 Å². The van der Waals surface area contributed by atoms with Crippen molar-refractivity contribution in [2.24, 2.45) is 0 Å². The molecule has 118 valence electrons. The van der Waals surface area contributed by atoms with E-state index in [1.807, 2.05) is 13.0 Å². The average molecular weight is 308 g/mol. The number of hydrogen-bond donors (Lipinski definition) is 0. The zero-order valence-corrected chi connectivity index (χ0v) is 12.6. The molecule has 0 aliphatic carbocycles. The number of ether oxygens (including phenoxy) is 1. The van der Waals surface area contributed by atoms with Crippen LogP contribution in [0.25, 0.3) is 6.08 Å². The molecule has 0 aliphatic rings. The first-order valence-electron chi connectivity index (χ1n) is 6.90. The monoisotopic (exact) mass is 308 g/mol. The van der Waals surface area contributed by atoms with Gasteiger partial charge in [0.25, 0.3) is 5.91 Å². The third-order valence-electron chi connectivity index (χ3n) is 2.96. The van der Waals surface area contributed by atoms with Gasteiger partial charge in [-0.1, -0.05) is 25.5 Å². The van der Waals surface area contributed by atoms with Crippen molar-refractivity contribution in [2.45, 2.75) is 26.4 Å². The molecule has 1 amide bonds. The van der Waals surface area contributed by atoms with E-state index in [2.05, 4.69) is 4.74 Å². The minimum Gasteiger partial charge on any atom is -0.435 e. The normalized spacial score (nSPS) is 11.2. The van der Waals surface area contributed by atoms with Crippen LogP contribution in [-0.4, -0.2) is 31.0 Å². The van der Waals surface area contributed by atoms with E-state index in [0.717, 1.165) is 12.8 Å². The number of likely N-dealkylation sites (N-methyl/N-ethyl adjacent to an activating group) is 1. The highest BCUT2D eigenvalue weighted by Gasteiger charge is 2.14. The van der Waals surface area contributed by atoms with E-state index in [0.29, 0.717) is 12.1 Å². The summed E-state index contributed by atoms with van der Waals surface area (Å²) in [6.45, 7) is -0.289. The van der Waals surface area contributed by atoms with E-state index >= 15 is 0 Å². The molecular weight excluding hydrogens is 290 g/mol. The third kappa shape index (κ3) is 5.52. The van der Waals surface area contributed by atoms with Crippen LogP contribution in [0.4, 0.5) is 8.78 Å². The fourth-order valence-electron chi connectivity index (χ4n) is 1.76. The van der Waals surface area contributed by atoms with Crippen LogP contribution in [0.3, 0.4) is 0 Å². The van der Waals surface area contributed by atoms with Gasteiger partial charge >= 0.3 is 6.61 Å². The largest absolute Gasteiger partial charge is 0.435 e. The first-order valence-corrected chi connectivity index (χ1v) is 6.90. The molecule has 1 rings (SSSR count). The molecule has 0 bridgehead atoms. The van der Waals surface area contributed by atoms with E-state index < -0.39 is 6.61 Å². The fourth-order valence-corrected chi connectivity index (χ4v) is 1.76. The topological polar surface area (TPSA) is 53.3 Å². The average Bonchev–Trinajstić information content (AvgIpc) is 2.50. The van der Waals surface area contributed by atoms with Gasteiger partial charge in [0, 0.05) is 13.6 Å². The Morgan fingerprint density at radius 3 is 2.55 bits per heavy atom. The molecule has 0 radical (unpaired) electrons. The number of halogens is 2. The second-order valence-electron chi connectivity index (χ2n) is 4.70. The van der Waals surface area contributed by atoms with E-state index in [4.69, 9.17) is 5.26 Å². The molecule has 1 aromatic carbocycles. The van der Waals surface area contributed by atoms with Gasteiger partial charge in [-0.2, -0.15) is 14.0 Å². The molecule has 0 saturated carbocycles. The third-order valence-corrected chi connectivity index (χ3v) is 2.96. The van der Waals surface area contributed by atoms with E-state index in [1.165, 1.54) is 35.2 Å². The molecule has 0 saturated heterocycles. The van der Waals surface area contributed by atoms with Crippen LogP contribution in [-0.2, 0) is 4.79 Å². The van der Waals surface area contributed by atoms with Gasteiger partial charge in [-0.25, -0.2) is 0 Å². The van der Waals surface area contributed by atoms with Crippen LogP contribution in [0.2, 0.25) is 0 Å². The zero-order chi connectivity index (χ0) is 16.5. The Balaban J connectivity index is 2.83. The number of amides is 1. The molecule has 22 heavy (non-hydrogen) atoms. The molecule has 1 aromatic rings. The maximum absolute atomic E-state index is 12.1. The summed E-state index contributed by atoms with van der Waals surface area (Å²) in [6, 6.07) is 7.61. The SMILES string of the molecule is CCCCN(C)C(=O)C(C#N)=Cc1ccc(OC(F)F)cc1. The van der Waals surface area contributed by atoms with Gasteiger partial charge in [0.15, 0.2) is 0 Å². The van der Waals surface area contributed by atoms with Crippen molar-refractivity contribution < 1.29 is 18.3 Å². The van der Waals surface area contributed by atoms with Gasteiger partial charge < -0.3 is 9.64 Å². The Bertz CT molecular complexity index is 563. The minimum atomic E-state index is -2.88. The van der Waals surface area contributed by atoms with Gasteiger partial charge in [0.2, 0.25) is 0 Å². The molecule has 0 unspecified atom stereocenters.